The lowest BCUT2D eigenvalue weighted by atomic mass is 9.97. The van der Waals surface area contributed by atoms with Gasteiger partial charge in [-0.1, -0.05) is 20.8 Å². The molecule has 108 valence electrons. The summed E-state index contributed by atoms with van der Waals surface area (Å²) in [7, 11) is 0. The van der Waals surface area contributed by atoms with Gasteiger partial charge in [-0.05, 0) is 46.3 Å². The van der Waals surface area contributed by atoms with E-state index < -0.39 is 5.54 Å². The molecule has 0 amide bonds. The Morgan fingerprint density at radius 2 is 1.83 bits per heavy atom. The lowest BCUT2D eigenvalue weighted by Gasteiger charge is -2.31. The highest BCUT2D eigenvalue weighted by molar-refractivity contribution is 5.80. The fourth-order valence-electron chi connectivity index (χ4n) is 1.88. The van der Waals surface area contributed by atoms with E-state index >= 15 is 0 Å². The molecule has 0 bridgehead atoms. The monoisotopic (exact) mass is 258 g/mol. The highest BCUT2D eigenvalue weighted by Crippen LogP contribution is 2.13. The summed E-state index contributed by atoms with van der Waals surface area (Å²) < 4.78 is 5.18. The molecule has 0 spiro atoms. The molecule has 0 aliphatic rings. The van der Waals surface area contributed by atoms with Crippen LogP contribution in [0.3, 0.4) is 0 Å². The van der Waals surface area contributed by atoms with Gasteiger partial charge in [-0.3, -0.25) is 4.79 Å². The van der Waals surface area contributed by atoms with Crippen molar-refractivity contribution in [1.82, 2.24) is 10.2 Å². The Hall–Kier alpha value is -0.610. The molecule has 0 heterocycles. The minimum absolute atomic E-state index is 0.134. The van der Waals surface area contributed by atoms with Crippen LogP contribution in [0.2, 0.25) is 0 Å². The molecule has 0 aliphatic heterocycles. The van der Waals surface area contributed by atoms with E-state index in [4.69, 9.17) is 4.74 Å². The SMILES string of the molecule is CCCNC(C)(CCN(CC)CC)C(=O)OCC. The summed E-state index contributed by atoms with van der Waals surface area (Å²) in [5, 5.41) is 3.33. The average Bonchev–Trinajstić information content (AvgIpc) is 2.37. The molecule has 0 rings (SSSR count). The third-order valence-corrected chi connectivity index (χ3v) is 3.31. The summed E-state index contributed by atoms with van der Waals surface area (Å²) in [5.74, 6) is -0.134. The zero-order valence-corrected chi connectivity index (χ0v) is 12.7. The maximum atomic E-state index is 12.1. The second kappa shape index (κ2) is 9.34. The summed E-state index contributed by atoms with van der Waals surface area (Å²) in [6.07, 6.45) is 1.80. The predicted octanol–water partition coefficient (Wildman–Crippen LogP) is 2.04. The van der Waals surface area contributed by atoms with Gasteiger partial charge in [0.2, 0.25) is 0 Å². The minimum Gasteiger partial charge on any atom is -0.465 e. The summed E-state index contributed by atoms with van der Waals surface area (Å²) in [4.78, 5) is 14.4. The van der Waals surface area contributed by atoms with E-state index in [0.29, 0.717) is 6.61 Å². The number of esters is 1. The van der Waals surface area contributed by atoms with Crippen LogP contribution in [0.15, 0.2) is 0 Å². The van der Waals surface area contributed by atoms with Crippen LogP contribution in [0.25, 0.3) is 0 Å². The van der Waals surface area contributed by atoms with Crippen molar-refractivity contribution < 1.29 is 9.53 Å². The molecule has 0 aliphatic carbocycles. The van der Waals surface area contributed by atoms with Crippen molar-refractivity contribution in [2.75, 3.05) is 32.8 Å². The van der Waals surface area contributed by atoms with Gasteiger partial charge < -0.3 is 15.0 Å². The lowest BCUT2D eigenvalue weighted by molar-refractivity contribution is -0.151. The molecule has 0 radical (unpaired) electrons. The Morgan fingerprint density at radius 1 is 1.22 bits per heavy atom. The molecule has 1 unspecified atom stereocenters. The van der Waals surface area contributed by atoms with Crippen LogP contribution >= 0.6 is 0 Å². The maximum absolute atomic E-state index is 12.1. The van der Waals surface area contributed by atoms with E-state index in [9.17, 15) is 4.79 Å². The lowest BCUT2D eigenvalue weighted by Crippen LogP contribution is -2.52. The molecule has 1 N–H and O–H groups in total. The molecule has 0 aromatic heterocycles. The zero-order chi connectivity index (χ0) is 14.0. The Morgan fingerprint density at radius 3 is 2.28 bits per heavy atom. The van der Waals surface area contributed by atoms with Crippen molar-refractivity contribution in [2.24, 2.45) is 0 Å². The number of nitrogens with one attached hydrogen (secondary N) is 1. The van der Waals surface area contributed by atoms with Crippen molar-refractivity contribution in [3.63, 3.8) is 0 Å². The fourth-order valence-corrected chi connectivity index (χ4v) is 1.88. The predicted molar refractivity (Wildman–Crippen MR) is 75.7 cm³/mol. The Kier molecular flexibility index (Phi) is 9.02. The van der Waals surface area contributed by atoms with E-state index in [1.807, 2.05) is 13.8 Å². The summed E-state index contributed by atoms with van der Waals surface area (Å²) >= 11 is 0. The molecule has 4 nitrogen and oxygen atoms in total. The highest BCUT2D eigenvalue weighted by atomic mass is 16.5. The van der Waals surface area contributed by atoms with Gasteiger partial charge in [0, 0.05) is 6.54 Å². The second-order valence-electron chi connectivity index (χ2n) is 4.76. The van der Waals surface area contributed by atoms with Crippen molar-refractivity contribution in [2.45, 2.75) is 53.0 Å². The topological polar surface area (TPSA) is 41.6 Å². The first kappa shape index (κ1) is 17.4. The molecule has 0 saturated heterocycles. The fraction of sp³-hybridized carbons (Fsp3) is 0.929. The van der Waals surface area contributed by atoms with Crippen molar-refractivity contribution in [3.8, 4) is 0 Å². The number of hydrogen-bond donors (Lipinski definition) is 1. The summed E-state index contributed by atoms with van der Waals surface area (Å²) in [6, 6.07) is 0. The van der Waals surface area contributed by atoms with Gasteiger partial charge in [0.15, 0.2) is 0 Å². The molecular formula is C14H30N2O2. The van der Waals surface area contributed by atoms with Crippen LogP contribution in [0, 0.1) is 0 Å². The number of nitrogens with zero attached hydrogens (tertiary/aromatic N) is 1. The number of carbonyl (C=O) groups is 1. The van der Waals surface area contributed by atoms with Crippen LogP contribution in [0.4, 0.5) is 0 Å². The number of carbonyl (C=O) groups excluding carboxylic acids is 1. The van der Waals surface area contributed by atoms with E-state index in [0.717, 1.165) is 39.0 Å². The van der Waals surface area contributed by atoms with Gasteiger partial charge in [0.1, 0.15) is 5.54 Å². The number of hydrogen-bond acceptors (Lipinski definition) is 4. The Labute approximate surface area is 112 Å². The largest absolute Gasteiger partial charge is 0.465 e. The second-order valence-corrected chi connectivity index (χ2v) is 4.76. The molecule has 18 heavy (non-hydrogen) atoms. The van der Waals surface area contributed by atoms with E-state index in [1.54, 1.807) is 0 Å². The third kappa shape index (κ3) is 5.83. The van der Waals surface area contributed by atoms with E-state index in [-0.39, 0.29) is 5.97 Å². The van der Waals surface area contributed by atoms with Crippen molar-refractivity contribution in [1.29, 1.82) is 0 Å². The van der Waals surface area contributed by atoms with Crippen LogP contribution in [-0.2, 0) is 9.53 Å². The maximum Gasteiger partial charge on any atom is 0.326 e. The normalized spacial score (nSPS) is 14.6. The molecular weight excluding hydrogens is 228 g/mol. The molecule has 4 heteroatoms. The van der Waals surface area contributed by atoms with Crippen LogP contribution in [0.1, 0.15) is 47.5 Å². The van der Waals surface area contributed by atoms with E-state index in [2.05, 4.69) is 31.0 Å². The minimum atomic E-state index is -0.561. The first-order chi connectivity index (χ1) is 8.53. The molecule has 1 atom stereocenters. The zero-order valence-electron chi connectivity index (χ0n) is 12.7. The van der Waals surface area contributed by atoms with Gasteiger partial charge in [-0.15, -0.1) is 0 Å². The highest BCUT2D eigenvalue weighted by Gasteiger charge is 2.33. The first-order valence-electron chi connectivity index (χ1n) is 7.18. The van der Waals surface area contributed by atoms with Gasteiger partial charge in [0.25, 0.3) is 0 Å². The van der Waals surface area contributed by atoms with Crippen LogP contribution < -0.4 is 5.32 Å². The quantitative estimate of drug-likeness (QED) is 0.609. The molecule has 0 saturated carbocycles. The Balaban J connectivity index is 4.49. The third-order valence-electron chi connectivity index (χ3n) is 3.31. The van der Waals surface area contributed by atoms with Crippen molar-refractivity contribution in [3.05, 3.63) is 0 Å². The van der Waals surface area contributed by atoms with Gasteiger partial charge in [-0.2, -0.15) is 0 Å². The average molecular weight is 258 g/mol. The van der Waals surface area contributed by atoms with E-state index in [1.165, 1.54) is 0 Å². The van der Waals surface area contributed by atoms with Gasteiger partial charge in [-0.25, -0.2) is 0 Å². The van der Waals surface area contributed by atoms with Crippen LogP contribution in [0.5, 0.6) is 0 Å². The van der Waals surface area contributed by atoms with Crippen LogP contribution in [-0.4, -0.2) is 49.2 Å². The van der Waals surface area contributed by atoms with Gasteiger partial charge in [0.05, 0.1) is 6.61 Å². The van der Waals surface area contributed by atoms with Crippen molar-refractivity contribution >= 4 is 5.97 Å². The standard InChI is InChI=1S/C14H30N2O2/c1-6-11-15-14(5,13(17)18-9-4)10-12-16(7-2)8-3/h15H,6-12H2,1-5H3. The number of ether oxygens (including phenoxy) is 1. The first-order valence-corrected chi connectivity index (χ1v) is 7.18. The molecule has 0 aromatic rings. The smallest absolute Gasteiger partial charge is 0.326 e. The molecule has 0 fully saturated rings. The Bertz CT molecular complexity index is 230. The number of rotatable bonds is 10. The van der Waals surface area contributed by atoms with Gasteiger partial charge >= 0.3 is 5.97 Å². The summed E-state index contributed by atoms with van der Waals surface area (Å²) in [6.45, 7) is 14.4. The summed E-state index contributed by atoms with van der Waals surface area (Å²) in [5.41, 5.74) is -0.561. The molecule has 0 aromatic carbocycles.